The van der Waals surface area contributed by atoms with Crippen LogP contribution < -0.4 is 10.6 Å². The number of morpholine rings is 1. The van der Waals surface area contributed by atoms with E-state index in [9.17, 15) is 18.0 Å². The van der Waals surface area contributed by atoms with Crippen molar-refractivity contribution in [3.63, 3.8) is 0 Å². The van der Waals surface area contributed by atoms with E-state index < -0.39 is 11.7 Å². The highest BCUT2D eigenvalue weighted by molar-refractivity contribution is 5.73. The molecule has 146 valence electrons. The molecule has 1 fully saturated rings. The van der Waals surface area contributed by atoms with Crippen LogP contribution in [0.5, 0.6) is 0 Å². The molecule has 1 aromatic carbocycles. The average Bonchev–Trinajstić information content (AvgIpc) is 2.60. The van der Waals surface area contributed by atoms with Crippen molar-refractivity contribution in [2.75, 3.05) is 32.8 Å². The van der Waals surface area contributed by atoms with Gasteiger partial charge in [-0.2, -0.15) is 13.2 Å². The average molecular weight is 373 g/mol. The fourth-order valence-corrected chi connectivity index (χ4v) is 2.95. The van der Waals surface area contributed by atoms with Crippen LogP contribution in [0, 0.1) is 5.92 Å². The number of hydrogen-bond acceptors (Lipinski definition) is 3. The quantitative estimate of drug-likeness (QED) is 0.806. The first-order valence-corrected chi connectivity index (χ1v) is 8.77. The molecular formula is C18H26F3N3O2. The molecule has 2 N–H and O–H groups in total. The fourth-order valence-electron chi connectivity index (χ4n) is 2.95. The zero-order valence-electron chi connectivity index (χ0n) is 15.1. The second-order valence-corrected chi connectivity index (χ2v) is 6.72. The molecule has 26 heavy (non-hydrogen) atoms. The number of carbonyl (C=O) groups excluding carboxylic acids is 1. The lowest BCUT2D eigenvalue weighted by Gasteiger charge is -2.36. The molecule has 0 spiro atoms. The predicted molar refractivity (Wildman–Crippen MR) is 92.7 cm³/mol. The van der Waals surface area contributed by atoms with E-state index in [1.54, 1.807) is 0 Å². The van der Waals surface area contributed by atoms with Gasteiger partial charge in [0.25, 0.3) is 0 Å². The molecule has 5 nitrogen and oxygen atoms in total. The monoisotopic (exact) mass is 373 g/mol. The molecule has 0 aromatic heterocycles. The second kappa shape index (κ2) is 9.23. The highest BCUT2D eigenvalue weighted by Crippen LogP contribution is 2.29. The third-order valence-electron chi connectivity index (χ3n) is 4.49. The van der Waals surface area contributed by atoms with Gasteiger partial charge >= 0.3 is 12.2 Å². The van der Waals surface area contributed by atoms with Crippen LogP contribution in [0.15, 0.2) is 24.3 Å². The van der Waals surface area contributed by atoms with Gasteiger partial charge in [-0.05, 0) is 23.6 Å². The standard InChI is InChI=1S/C18H26F3N3O2/c1-13(2)16(24-7-9-26-10-8-24)12-23-17(25)22-11-14-3-5-15(6-4-14)18(19,20)21/h3-6,13,16H,7-12H2,1-2H3,(H2,22,23,25)/t16-/m1/s1. The zero-order chi connectivity index (χ0) is 19.2. The minimum atomic E-state index is -4.35. The Labute approximate surface area is 151 Å². The van der Waals surface area contributed by atoms with E-state index in [0.717, 1.165) is 25.2 Å². The summed E-state index contributed by atoms with van der Waals surface area (Å²) in [5.74, 6) is 0.378. The Morgan fingerprint density at radius 2 is 1.77 bits per heavy atom. The van der Waals surface area contributed by atoms with Crippen LogP contribution >= 0.6 is 0 Å². The van der Waals surface area contributed by atoms with Crippen molar-refractivity contribution < 1.29 is 22.7 Å². The van der Waals surface area contributed by atoms with Gasteiger partial charge in [0, 0.05) is 32.2 Å². The number of hydrogen-bond donors (Lipinski definition) is 2. The molecule has 1 atom stereocenters. The van der Waals surface area contributed by atoms with Crippen LogP contribution in [0.1, 0.15) is 25.0 Å². The number of halogens is 3. The molecule has 1 aliphatic heterocycles. The molecule has 1 saturated heterocycles. The zero-order valence-corrected chi connectivity index (χ0v) is 15.1. The molecule has 2 amide bonds. The number of amides is 2. The van der Waals surface area contributed by atoms with E-state index in [1.807, 2.05) is 0 Å². The van der Waals surface area contributed by atoms with Crippen molar-refractivity contribution in [3.8, 4) is 0 Å². The molecule has 8 heteroatoms. The lowest BCUT2D eigenvalue weighted by molar-refractivity contribution is -0.137. The lowest BCUT2D eigenvalue weighted by atomic mass is 10.0. The third-order valence-corrected chi connectivity index (χ3v) is 4.49. The predicted octanol–water partition coefficient (Wildman–Crippen LogP) is 2.86. The molecular weight excluding hydrogens is 347 g/mol. The Morgan fingerprint density at radius 3 is 2.31 bits per heavy atom. The van der Waals surface area contributed by atoms with Crippen molar-refractivity contribution in [2.45, 2.75) is 32.6 Å². The van der Waals surface area contributed by atoms with Crippen LogP contribution in [0.3, 0.4) is 0 Å². The van der Waals surface area contributed by atoms with E-state index in [1.165, 1.54) is 12.1 Å². The summed E-state index contributed by atoms with van der Waals surface area (Å²) in [6, 6.07) is 4.66. The first kappa shape index (κ1) is 20.5. The summed E-state index contributed by atoms with van der Waals surface area (Å²) in [6.07, 6.45) is -4.35. The van der Waals surface area contributed by atoms with Crippen LogP contribution in [-0.4, -0.2) is 49.8 Å². The van der Waals surface area contributed by atoms with E-state index in [2.05, 4.69) is 29.4 Å². The number of benzene rings is 1. The normalized spacial score (nSPS) is 17.2. The summed E-state index contributed by atoms with van der Waals surface area (Å²) in [6.45, 7) is 8.00. The number of carbonyl (C=O) groups is 1. The van der Waals surface area contributed by atoms with Crippen molar-refractivity contribution >= 4 is 6.03 Å². The second-order valence-electron chi connectivity index (χ2n) is 6.72. The number of nitrogens with zero attached hydrogens (tertiary/aromatic N) is 1. The van der Waals surface area contributed by atoms with Gasteiger partial charge in [-0.15, -0.1) is 0 Å². The number of ether oxygens (including phenoxy) is 1. The first-order chi connectivity index (χ1) is 12.3. The van der Waals surface area contributed by atoms with Crippen LogP contribution in [-0.2, 0) is 17.5 Å². The number of nitrogens with one attached hydrogen (secondary N) is 2. The van der Waals surface area contributed by atoms with Crippen LogP contribution in [0.2, 0.25) is 0 Å². The van der Waals surface area contributed by atoms with Gasteiger partial charge in [0.15, 0.2) is 0 Å². The Hall–Kier alpha value is -1.80. The van der Waals surface area contributed by atoms with Crippen LogP contribution in [0.25, 0.3) is 0 Å². The molecule has 2 rings (SSSR count). The van der Waals surface area contributed by atoms with Gasteiger partial charge in [0.05, 0.1) is 18.8 Å². The largest absolute Gasteiger partial charge is 0.416 e. The molecule has 0 aliphatic carbocycles. The highest BCUT2D eigenvalue weighted by Gasteiger charge is 2.30. The topological polar surface area (TPSA) is 53.6 Å². The van der Waals surface area contributed by atoms with Gasteiger partial charge in [-0.25, -0.2) is 4.79 Å². The van der Waals surface area contributed by atoms with E-state index in [4.69, 9.17) is 4.74 Å². The minimum absolute atomic E-state index is 0.174. The molecule has 1 aromatic rings. The highest BCUT2D eigenvalue weighted by atomic mass is 19.4. The SMILES string of the molecule is CC(C)[C@@H](CNC(=O)NCc1ccc(C(F)(F)F)cc1)N1CCOCC1. The molecule has 0 bridgehead atoms. The number of alkyl halides is 3. The van der Waals surface area contributed by atoms with E-state index in [-0.39, 0.29) is 18.6 Å². The van der Waals surface area contributed by atoms with Gasteiger partial charge in [0.2, 0.25) is 0 Å². The van der Waals surface area contributed by atoms with Crippen molar-refractivity contribution in [1.82, 2.24) is 15.5 Å². The van der Waals surface area contributed by atoms with Crippen LogP contribution in [0.4, 0.5) is 18.0 Å². The summed E-state index contributed by atoms with van der Waals surface area (Å²) >= 11 is 0. The van der Waals surface area contributed by atoms with Gasteiger partial charge in [-0.1, -0.05) is 26.0 Å². The smallest absolute Gasteiger partial charge is 0.379 e. The summed E-state index contributed by atoms with van der Waals surface area (Å²) < 4.78 is 43.0. The summed E-state index contributed by atoms with van der Waals surface area (Å²) in [4.78, 5) is 14.3. The molecule has 0 saturated carbocycles. The Balaban J connectivity index is 1.78. The maximum atomic E-state index is 12.5. The van der Waals surface area contributed by atoms with Crippen molar-refractivity contribution in [1.29, 1.82) is 0 Å². The molecule has 1 heterocycles. The maximum Gasteiger partial charge on any atom is 0.416 e. The van der Waals surface area contributed by atoms with Gasteiger partial charge in [0.1, 0.15) is 0 Å². The van der Waals surface area contributed by atoms with Crippen molar-refractivity contribution in [3.05, 3.63) is 35.4 Å². The van der Waals surface area contributed by atoms with E-state index in [0.29, 0.717) is 31.2 Å². The Kier molecular flexibility index (Phi) is 7.28. The molecule has 0 unspecified atom stereocenters. The minimum Gasteiger partial charge on any atom is -0.379 e. The van der Waals surface area contributed by atoms with Gasteiger partial charge in [-0.3, -0.25) is 4.90 Å². The maximum absolute atomic E-state index is 12.5. The fraction of sp³-hybridized carbons (Fsp3) is 0.611. The summed E-state index contributed by atoms with van der Waals surface area (Å²) in [7, 11) is 0. The van der Waals surface area contributed by atoms with Crippen molar-refractivity contribution in [2.24, 2.45) is 5.92 Å². The first-order valence-electron chi connectivity index (χ1n) is 8.77. The van der Waals surface area contributed by atoms with E-state index >= 15 is 0 Å². The Morgan fingerprint density at radius 1 is 1.15 bits per heavy atom. The Bertz CT molecular complexity index is 570. The molecule has 1 aliphatic rings. The van der Waals surface area contributed by atoms with Gasteiger partial charge < -0.3 is 15.4 Å². The number of rotatable bonds is 6. The lowest BCUT2D eigenvalue weighted by Crippen LogP contribution is -2.52. The third kappa shape index (κ3) is 6.17. The number of urea groups is 1. The molecule has 0 radical (unpaired) electrons. The summed E-state index contributed by atoms with van der Waals surface area (Å²) in [5, 5.41) is 5.53. The summed E-state index contributed by atoms with van der Waals surface area (Å²) in [5.41, 5.74) is -0.0854.